The van der Waals surface area contributed by atoms with Gasteiger partial charge in [-0.15, -0.1) is 6.58 Å². The van der Waals surface area contributed by atoms with Crippen LogP contribution in [0.5, 0.6) is 0 Å². The van der Waals surface area contributed by atoms with Crippen LogP contribution in [0, 0.1) is 0 Å². The van der Waals surface area contributed by atoms with E-state index in [0.29, 0.717) is 19.6 Å². The SMILES string of the molecule is C=CCCC(O)CN1CCN(C(=O)CO)CC1. The second-order valence-corrected chi connectivity index (χ2v) is 4.36. The predicted molar refractivity (Wildman–Crippen MR) is 65.5 cm³/mol. The molecular weight excluding hydrogens is 220 g/mol. The summed E-state index contributed by atoms with van der Waals surface area (Å²) in [6, 6.07) is 0. The summed E-state index contributed by atoms with van der Waals surface area (Å²) < 4.78 is 0. The van der Waals surface area contributed by atoms with Gasteiger partial charge >= 0.3 is 0 Å². The van der Waals surface area contributed by atoms with E-state index in [1.807, 2.05) is 0 Å². The summed E-state index contributed by atoms with van der Waals surface area (Å²) in [5.41, 5.74) is 0. The minimum atomic E-state index is -0.415. The maximum atomic E-state index is 11.2. The van der Waals surface area contributed by atoms with E-state index in [1.54, 1.807) is 11.0 Å². The van der Waals surface area contributed by atoms with E-state index in [0.717, 1.165) is 25.9 Å². The lowest BCUT2D eigenvalue weighted by molar-refractivity contribution is -0.136. The first-order valence-electron chi connectivity index (χ1n) is 6.07. The molecular formula is C12H22N2O3. The Hall–Kier alpha value is -0.910. The van der Waals surface area contributed by atoms with Crippen molar-refractivity contribution in [3.63, 3.8) is 0 Å². The second kappa shape index (κ2) is 7.42. The number of hydrogen-bond acceptors (Lipinski definition) is 4. The number of β-amino-alcohol motifs (C(OH)–C–C–N with tert-alkyl or cyclic N) is 1. The van der Waals surface area contributed by atoms with Crippen molar-refractivity contribution in [2.24, 2.45) is 0 Å². The number of amides is 1. The molecule has 98 valence electrons. The van der Waals surface area contributed by atoms with Crippen LogP contribution < -0.4 is 0 Å². The van der Waals surface area contributed by atoms with Gasteiger partial charge in [0.1, 0.15) is 6.61 Å². The minimum absolute atomic E-state index is 0.211. The van der Waals surface area contributed by atoms with E-state index in [9.17, 15) is 9.90 Å². The molecule has 1 atom stereocenters. The molecule has 1 fully saturated rings. The van der Waals surface area contributed by atoms with Gasteiger partial charge in [0, 0.05) is 32.7 Å². The largest absolute Gasteiger partial charge is 0.392 e. The topological polar surface area (TPSA) is 64.0 Å². The highest BCUT2D eigenvalue weighted by Gasteiger charge is 2.21. The van der Waals surface area contributed by atoms with E-state index < -0.39 is 6.61 Å². The normalized spacial score (nSPS) is 19.1. The zero-order valence-corrected chi connectivity index (χ0v) is 10.2. The lowest BCUT2D eigenvalue weighted by Gasteiger charge is -2.35. The highest BCUT2D eigenvalue weighted by molar-refractivity contribution is 5.77. The molecule has 1 aliphatic heterocycles. The maximum absolute atomic E-state index is 11.2. The van der Waals surface area contributed by atoms with Gasteiger partial charge in [-0.25, -0.2) is 0 Å². The van der Waals surface area contributed by atoms with Gasteiger partial charge in [0.25, 0.3) is 0 Å². The third-order valence-electron chi connectivity index (χ3n) is 3.03. The molecule has 0 spiro atoms. The summed E-state index contributed by atoms with van der Waals surface area (Å²) in [6.45, 7) is 6.65. The summed E-state index contributed by atoms with van der Waals surface area (Å²) >= 11 is 0. The Morgan fingerprint density at radius 1 is 1.35 bits per heavy atom. The number of allylic oxidation sites excluding steroid dienone is 1. The molecule has 5 nitrogen and oxygen atoms in total. The highest BCUT2D eigenvalue weighted by atomic mass is 16.3. The van der Waals surface area contributed by atoms with Gasteiger partial charge in [0.2, 0.25) is 5.91 Å². The minimum Gasteiger partial charge on any atom is -0.392 e. The Kier molecular flexibility index (Phi) is 6.18. The van der Waals surface area contributed by atoms with Crippen molar-refractivity contribution < 1.29 is 15.0 Å². The van der Waals surface area contributed by atoms with Crippen LogP contribution in [0.1, 0.15) is 12.8 Å². The van der Waals surface area contributed by atoms with E-state index in [-0.39, 0.29) is 12.0 Å². The lowest BCUT2D eigenvalue weighted by Crippen LogP contribution is -2.51. The van der Waals surface area contributed by atoms with E-state index in [2.05, 4.69) is 11.5 Å². The number of nitrogens with zero attached hydrogens (tertiary/aromatic N) is 2. The zero-order chi connectivity index (χ0) is 12.7. The summed E-state index contributed by atoms with van der Waals surface area (Å²) in [6.07, 6.45) is 3.04. The summed E-state index contributed by atoms with van der Waals surface area (Å²) in [5, 5.41) is 18.5. The second-order valence-electron chi connectivity index (χ2n) is 4.36. The van der Waals surface area contributed by atoms with Crippen molar-refractivity contribution in [2.45, 2.75) is 18.9 Å². The standard InChI is InChI=1S/C12H22N2O3/c1-2-3-4-11(16)9-13-5-7-14(8-6-13)12(17)10-15/h2,11,15-16H,1,3-10H2. The Balaban J connectivity index is 2.22. The van der Waals surface area contributed by atoms with E-state index in [1.165, 1.54) is 0 Å². The van der Waals surface area contributed by atoms with Crippen molar-refractivity contribution in [3.05, 3.63) is 12.7 Å². The Bertz CT molecular complexity index is 250. The highest BCUT2D eigenvalue weighted by Crippen LogP contribution is 2.06. The average Bonchev–Trinajstić information content (AvgIpc) is 2.36. The molecule has 1 heterocycles. The van der Waals surface area contributed by atoms with Gasteiger partial charge in [-0.05, 0) is 12.8 Å². The van der Waals surface area contributed by atoms with Crippen molar-refractivity contribution in [2.75, 3.05) is 39.3 Å². The van der Waals surface area contributed by atoms with Crippen molar-refractivity contribution >= 4 is 5.91 Å². The van der Waals surface area contributed by atoms with Crippen LogP contribution in [0.3, 0.4) is 0 Å². The molecule has 0 aliphatic carbocycles. The van der Waals surface area contributed by atoms with Crippen molar-refractivity contribution in [3.8, 4) is 0 Å². The number of carbonyl (C=O) groups is 1. The number of rotatable bonds is 6. The molecule has 0 saturated carbocycles. The van der Waals surface area contributed by atoms with E-state index in [4.69, 9.17) is 5.11 Å². The van der Waals surface area contributed by atoms with Gasteiger partial charge in [-0.1, -0.05) is 6.08 Å². The van der Waals surface area contributed by atoms with Gasteiger partial charge in [0.05, 0.1) is 6.10 Å². The van der Waals surface area contributed by atoms with Gasteiger partial charge in [-0.2, -0.15) is 0 Å². The average molecular weight is 242 g/mol. The maximum Gasteiger partial charge on any atom is 0.248 e. The summed E-state index contributed by atoms with van der Waals surface area (Å²) in [4.78, 5) is 15.0. The van der Waals surface area contributed by atoms with Crippen LogP contribution in [-0.2, 0) is 4.79 Å². The first-order chi connectivity index (χ1) is 8.17. The molecule has 1 saturated heterocycles. The molecule has 0 radical (unpaired) electrons. The zero-order valence-electron chi connectivity index (χ0n) is 10.2. The molecule has 1 aliphatic rings. The number of piperazine rings is 1. The van der Waals surface area contributed by atoms with Crippen LogP contribution >= 0.6 is 0 Å². The van der Waals surface area contributed by atoms with Crippen molar-refractivity contribution in [1.29, 1.82) is 0 Å². The third-order valence-corrected chi connectivity index (χ3v) is 3.03. The molecule has 0 aromatic carbocycles. The van der Waals surface area contributed by atoms with Gasteiger partial charge in [-0.3, -0.25) is 9.69 Å². The van der Waals surface area contributed by atoms with Crippen LogP contribution in [0.4, 0.5) is 0 Å². The van der Waals surface area contributed by atoms with Gasteiger partial charge in [0.15, 0.2) is 0 Å². The van der Waals surface area contributed by atoms with Crippen LogP contribution in [0.2, 0.25) is 0 Å². The summed E-state index contributed by atoms with van der Waals surface area (Å²) in [7, 11) is 0. The molecule has 1 amide bonds. The monoisotopic (exact) mass is 242 g/mol. The Labute approximate surface area is 102 Å². The fourth-order valence-corrected chi connectivity index (χ4v) is 1.98. The smallest absolute Gasteiger partial charge is 0.248 e. The Morgan fingerprint density at radius 2 is 2.00 bits per heavy atom. The Morgan fingerprint density at radius 3 is 2.53 bits per heavy atom. The first-order valence-corrected chi connectivity index (χ1v) is 6.07. The molecule has 0 aromatic heterocycles. The van der Waals surface area contributed by atoms with Gasteiger partial charge < -0.3 is 15.1 Å². The molecule has 17 heavy (non-hydrogen) atoms. The molecule has 0 aromatic rings. The number of hydrogen-bond donors (Lipinski definition) is 2. The number of carbonyl (C=O) groups excluding carboxylic acids is 1. The molecule has 1 rings (SSSR count). The fourth-order valence-electron chi connectivity index (χ4n) is 1.98. The number of aliphatic hydroxyl groups is 2. The van der Waals surface area contributed by atoms with Crippen LogP contribution in [0.15, 0.2) is 12.7 Å². The quantitative estimate of drug-likeness (QED) is 0.613. The first kappa shape index (κ1) is 14.2. The summed E-state index contributed by atoms with van der Waals surface area (Å²) in [5.74, 6) is -0.211. The van der Waals surface area contributed by atoms with Crippen LogP contribution in [-0.4, -0.2) is 71.4 Å². The van der Waals surface area contributed by atoms with Crippen LogP contribution in [0.25, 0.3) is 0 Å². The fraction of sp³-hybridized carbons (Fsp3) is 0.750. The number of aliphatic hydroxyl groups excluding tert-OH is 2. The third kappa shape index (κ3) is 4.85. The molecule has 2 N–H and O–H groups in total. The predicted octanol–water partition coefficient (Wildman–Crippen LogP) is -0.550. The molecule has 5 heteroatoms. The molecule has 1 unspecified atom stereocenters. The van der Waals surface area contributed by atoms with E-state index >= 15 is 0 Å². The molecule has 0 bridgehead atoms. The lowest BCUT2D eigenvalue weighted by atomic mass is 10.1. The van der Waals surface area contributed by atoms with Crippen molar-refractivity contribution in [1.82, 2.24) is 9.80 Å².